The molecule has 0 aliphatic carbocycles. The molecule has 1 aliphatic heterocycles. The number of hydrogen-bond acceptors (Lipinski definition) is 6. The van der Waals surface area contributed by atoms with E-state index in [9.17, 15) is 23.3 Å². The fraction of sp³-hybridized carbons (Fsp3) is 0.375. The summed E-state index contributed by atoms with van der Waals surface area (Å²) in [5.74, 6) is -0.0749. The van der Waals surface area contributed by atoms with Crippen LogP contribution in [0.1, 0.15) is 34.1 Å². The number of sulfone groups is 1. The van der Waals surface area contributed by atoms with Gasteiger partial charge >= 0.3 is 0 Å². The number of aryl methyl sites for hydroxylation is 2. The molecule has 1 saturated heterocycles. The van der Waals surface area contributed by atoms with E-state index in [-0.39, 0.29) is 28.8 Å². The molecule has 0 radical (unpaired) electrons. The van der Waals surface area contributed by atoms with Crippen LogP contribution in [0.3, 0.4) is 0 Å². The smallest absolute Gasteiger partial charge is 0.273 e. The Bertz CT molecular complexity index is 996. The number of rotatable bonds is 4. The van der Waals surface area contributed by atoms with Gasteiger partial charge in [-0.15, -0.1) is 0 Å². The Labute approximate surface area is 150 Å². The molecule has 1 aromatic carbocycles. The second-order valence-corrected chi connectivity index (χ2v) is 8.61. The van der Waals surface area contributed by atoms with Gasteiger partial charge in [-0.3, -0.25) is 14.9 Å². The molecule has 1 amide bonds. The van der Waals surface area contributed by atoms with Gasteiger partial charge < -0.3 is 5.32 Å². The maximum absolute atomic E-state index is 12.5. The molecule has 0 spiro atoms. The highest BCUT2D eigenvalue weighted by Gasteiger charge is 2.31. The summed E-state index contributed by atoms with van der Waals surface area (Å²) in [7, 11) is -3.10. The van der Waals surface area contributed by atoms with Crippen molar-refractivity contribution >= 4 is 27.2 Å². The average molecular weight is 378 g/mol. The number of carbonyl (C=O) groups excluding carboxylic acids is 1. The van der Waals surface area contributed by atoms with Crippen molar-refractivity contribution < 1.29 is 18.1 Å². The van der Waals surface area contributed by atoms with Gasteiger partial charge in [-0.1, -0.05) is 6.07 Å². The zero-order valence-electron chi connectivity index (χ0n) is 14.3. The van der Waals surface area contributed by atoms with Gasteiger partial charge in [-0.25, -0.2) is 13.1 Å². The van der Waals surface area contributed by atoms with E-state index in [2.05, 4.69) is 10.4 Å². The molecular formula is C16H18N4O5S. The number of carbonyl (C=O) groups is 1. The fourth-order valence-electron chi connectivity index (χ4n) is 2.99. The van der Waals surface area contributed by atoms with Crippen molar-refractivity contribution in [1.29, 1.82) is 0 Å². The second kappa shape index (κ2) is 6.52. The molecule has 10 heteroatoms. The summed E-state index contributed by atoms with van der Waals surface area (Å²) in [6, 6.07) is 5.55. The van der Waals surface area contributed by atoms with Gasteiger partial charge in [0.05, 0.1) is 28.2 Å². The van der Waals surface area contributed by atoms with Crippen LogP contribution in [-0.2, 0) is 9.84 Å². The van der Waals surface area contributed by atoms with Gasteiger partial charge in [0.1, 0.15) is 5.82 Å². The van der Waals surface area contributed by atoms with Crippen LogP contribution < -0.4 is 5.32 Å². The molecule has 1 atom stereocenters. The van der Waals surface area contributed by atoms with E-state index in [1.165, 1.54) is 22.9 Å². The third kappa shape index (κ3) is 3.59. The minimum atomic E-state index is -3.10. The summed E-state index contributed by atoms with van der Waals surface area (Å²) in [6.07, 6.45) is 0.433. The van der Waals surface area contributed by atoms with Gasteiger partial charge in [0.2, 0.25) is 0 Å². The van der Waals surface area contributed by atoms with Crippen molar-refractivity contribution in [2.24, 2.45) is 0 Å². The van der Waals surface area contributed by atoms with Gasteiger partial charge in [-0.05, 0) is 26.3 Å². The first kappa shape index (κ1) is 18.1. The number of anilines is 1. The van der Waals surface area contributed by atoms with Crippen LogP contribution in [0.2, 0.25) is 0 Å². The lowest BCUT2D eigenvalue weighted by atomic mass is 10.1. The summed E-state index contributed by atoms with van der Waals surface area (Å²) in [6.45, 7) is 3.34. The molecule has 3 rings (SSSR count). The van der Waals surface area contributed by atoms with E-state index in [0.717, 1.165) is 0 Å². The van der Waals surface area contributed by atoms with Crippen LogP contribution in [-0.4, -0.2) is 40.5 Å². The monoisotopic (exact) mass is 378 g/mol. The van der Waals surface area contributed by atoms with E-state index in [0.29, 0.717) is 23.5 Å². The molecule has 1 N–H and O–H groups in total. The van der Waals surface area contributed by atoms with Gasteiger partial charge in [-0.2, -0.15) is 5.10 Å². The summed E-state index contributed by atoms with van der Waals surface area (Å²) in [5, 5.41) is 18.0. The number of hydrogen-bond donors (Lipinski definition) is 1. The minimum Gasteiger partial charge on any atom is -0.307 e. The van der Waals surface area contributed by atoms with E-state index in [4.69, 9.17) is 0 Å². The average Bonchev–Trinajstić information content (AvgIpc) is 3.09. The Kier molecular flexibility index (Phi) is 4.53. The number of benzene rings is 1. The Morgan fingerprint density at radius 2 is 2.08 bits per heavy atom. The molecule has 1 fully saturated rings. The lowest BCUT2D eigenvalue weighted by molar-refractivity contribution is -0.385. The normalized spacial score (nSPS) is 18.6. The number of aromatic nitrogens is 2. The van der Waals surface area contributed by atoms with E-state index in [1.54, 1.807) is 19.9 Å². The molecule has 2 aromatic rings. The maximum Gasteiger partial charge on any atom is 0.273 e. The molecule has 1 aromatic heterocycles. The predicted molar refractivity (Wildman–Crippen MR) is 95.1 cm³/mol. The van der Waals surface area contributed by atoms with Crippen molar-refractivity contribution in [1.82, 2.24) is 9.78 Å². The number of nitrogens with one attached hydrogen (secondary N) is 1. The Morgan fingerprint density at radius 3 is 2.69 bits per heavy atom. The molecule has 0 bridgehead atoms. The third-order valence-electron chi connectivity index (χ3n) is 4.32. The van der Waals surface area contributed by atoms with Crippen LogP contribution in [0.5, 0.6) is 0 Å². The number of nitro groups is 1. The SMILES string of the molecule is Cc1cc(NC(=O)c2ccc(C)c([N+](=O)[O-])c2)n([C@@H]2CCS(=O)(=O)C2)n1. The molecule has 26 heavy (non-hydrogen) atoms. The quantitative estimate of drug-likeness (QED) is 0.641. The van der Waals surface area contributed by atoms with Crippen LogP contribution >= 0.6 is 0 Å². The number of nitro benzene ring substituents is 1. The first-order valence-corrected chi connectivity index (χ1v) is 9.81. The van der Waals surface area contributed by atoms with Gasteiger partial charge in [0.25, 0.3) is 11.6 Å². The van der Waals surface area contributed by atoms with Crippen molar-refractivity contribution in [3.8, 4) is 0 Å². The Morgan fingerprint density at radius 1 is 1.35 bits per heavy atom. The Hall–Kier alpha value is -2.75. The van der Waals surface area contributed by atoms with E-state index < -0.39 is 20.7 Å². The minimum absolute atomic E-state index is 0.0208. The third-order valence-corrected chi connectivity index (χ3v) is 6.07. The molecular weight excluding hydrogens is 360 g/mol. The number of nitrogens with zero attached hydrogens (tertiary/aromatic N) is 3. The van der Waals surface area contributed by atoms with Crippen LogP contribution in [0, 0.1) is 24.0 Å². The van der Waals surface area contributed by atoms with Crippen molar-refractivity contribution in [2.45, 2.75) is 26.3 Å². The highest BCUT2D eigenvalue weighted by molar-refractivity contribution is 7.91. The summed E-state index contributed by atoms with van der Waals surface area (Å²) in [4.78, 5) is 23.0. The summed E-state index contributed by atoms with van der Waals surface area (Å²) < 4.78 is 24.9. The predicted octanol–water partition coefficient (Wildman–Crippen LogP) is 2.02. The summed E-state index contributed by atoms with van der Waals surface area (Å²) >= 11 is 0. The van der Waals surface area contributed by atoms with Gasteiger partial charge in [0, 0.05) is 23.3 Å². The van der Waals surface area contributed by atoms with Crippen molar-refractivity contribution in [2.75, 3.05) is 16.8 Å². The highest BCUT2D eigenvalue weighted by atomic mass is 32.2. The molecule has 1 aliphatic rings. The van der Waals surface area contributed by atoms with Crippen molar-refractivity contribution in [3.63, 3.8) is 0 Å². The lowest BCUT2D eigenvalue weighted by Crippen LogP contribution is -2.19. The molecule has 138 valence electrons. The molecule has 2 heterocycles. The largest absolute Gasteiger partial charge is 0.307 e. The fourth-order valence-corrected chi connectivity index (χ4v) is 4.68. The molecule has 0 saturated carbocycles. The van der Waals surface area contributed by atoms with E-state index in [1.807, 2.05) is 0 Å². The van der Waals surface area contributed by atoms with Crippen LogP contribution in [0.15, 0.2) is 24.3 Å². The first-order chi connectivity index (χ1) is 12.2. The second-order valence-electron chi connectivity index (χ2n) is 6.38. The maximum atomic E-state index is 12.5. The Balaban J connectivity index is 1.87. The zero-order valence-corrected chi connectivity index (χ0v) is 15.1. The molecule has 9 nitrogen and oxygen atoms in total. The van der Waals surface area contributed by atoms with Crippen LogP contribution in [0.4, 0.5) is 11.5 Å². The molecule has 0 unspecified atom stereocenters. The number of amides is 1. The highest BCUT2D eigenvalue weighted by Crippen LogP contribution is 2.27. The van der Waals surface area contributed by atoms with E-state index >= 15 is 0 Å². The van der Waals surface area contributed by atoms with Crippen LogP contribution in [0.25, 0.3) is 0 Å². The zero-order chi connectivity index (χ0) is 19.1. The summed E-state index contributed by atoms with van der Waals surface area (Å²) in [5.41, 5.74) is 1.11. The topological polar surface area (TPSA) is 124 Å². The lowest BCUT2D eigenvalue weighted by Gasteiger charge is -2.14. The standard InChI is InChI=1S/C16H18N4O5S/c1-10-3-4-12(8-14(10)20(22)23)16(21)17-15-7-11(2)18-19(15)13-5-6-26(24,25)9-13/h3-4,7-8,13H,5-6,9H2,1-2H3,(H,17,21)/t13-/m1/s1. The first-order valence-electron chi connectivity index (χ1n) is 7.99. The van der Waals surface area contributed by atoms with Gasteiger partial charge in [0.15, 0.2) is 9.84 Å². The van der Waals surface area contributed by atoms with Crippen molar-refractivity contribution in [3.05, 3.63) is 51.2 Å².